The van der Waals surface area contributed by atoms with Crippen LogP contribution in [0.2, 0.25) is 0 Å². The first-order chi connectivity index (χ1) is 14.6. The van der Waals surface area contributed by atoms with Gasteiger partial charge in [0, 0.05) is 38.3 Å². The Balaban J connectivity index is 1.80. The summed E-state index contributed by atoms with van der Waals surface area (Å²) in [6.45, 7) is -0.724. The summed E-state index contributed by atoms with van der Waals surface area (Å²) >= 11 is 0. The number of carbonyl (C=O) groups is 1. The average molecular weight is 459 g/mol. The van der Waals surface area contributed by atoms with Crippen LogP contribution in [-0.2, 0) is 10.0 Å². The average Bonchev–Trinajstić information content (AvgIpc) is 2.76. The lowest BCUT2D eigenvalue weighted by atomic mass is 10.1. The van der Waals surface area contributed by atoms with Gasteiger partial charge in [-0.05, 0) is 18.2 Å². The molecule has 166 valence electrons. The monoisotopic (exact) mass is 459 g/mol. The van der Waals surface area contributed by atoms with Crippen LogP contribution in [0.5, 0.6) is 5.75 Å². The SMILES string of the molecule is COc1ccc([N+](=O)[O-])cc1C(=O)N1CCN(S(=O)(=O)c2ccc(F)c(F)c2F)CC1. The van der Waals surface area contributed by atoms with Crippen LogP contribution in [0.4, 0.5) is 18.9 Å². The molecule has 1 amide bonds. The summed E-state index contributed by atoms with van der Waals surface area (Å²) in [5, 5.41) is 11.0. The Kier molecular flexibility index (Phi) is 6.18. The molecule has 2 aromatic carbocycles. The molecular weight excluding hydrogens is 443 g/mol. The van der Waals surface area contributed by atoms with Gasteiger partial charge in [-0.1, -0.05) is 0 Å². The van der Waals surface area contributed by atoms with Crippen molar-refractivity contribution in [3.05, 3.63) is 63.5 Å². The third-order valence-corrected chi connectivity index (χ3v) is 6.68. The van der Waals surface area contributed by atoms with E-state index in [0.29, 0.717) is 12.1 Å². The summed E-state index contributed by atoms with van der Waals surface area (Å²) in [6.07, 6.45) is 0. The molecular formula is C18H16F3N3O6S. The number of hydrogen-bond acceptors (Lipinski definition) is 6. The number of ether oxygens (including phenoxy) is 1. The molecule has 2 aromatic rings. The molecule has 0 aromatic heterocycles. The molecule has 0 aliphatic carbocycles. The predicted octanol–water partition coefficient (Wildman–Crippen LogP) is 2.17. The molecule has 1 fully saturated rings. The smallest absolute Gasteiger partial charge is 0.270 e. The van der Waals surface area contributed by atoms with Crippen LogP contribution in [0.1, 0.15) is 10.4 Å². The van der Waals surface area contributed by atoms with E-state index in [-0.39, 0.29) is 43.2 Å². The Labute approximate surface area is 174 Å². The Bertz CT molecular complexity index is 1150. The molecule has 3 rings (SSSR count). The van der Waals surface area contributed by atoms with Gasteiger partial charge in [0.05, 0.1) is 17.6 Å². The van der Waals surface area contributed by atoms with Gasteiger partial charge in [0.15, 0.2) is 17.5 Å². The lowest BCUT2D eigenvalue weighted by Gasteiger charge is -2.34. The predicted molar refractivity (Wildman–Crippen MR) is 101 cm³/mol. The molecule has 0 unspecified atom stereocenters. The summed E-state index contributed by atoms with van der Waals surface area (Å²) < 4.78 is 71.7. The van der Waals surface area contributed by atoms with Gasteiger partial charge in [-0.3, -0.25) is 14.9 Å². The van der Waals surface area contributed by atoms with Gasteiger partial charge in [-0.25, -0.2) is 21.6 Å². The molecule has 0 bridgehead atoms. The standard InChI is InChI=1S/C18H16F3N3O6S/c1-30-14-4-2-11(24(26)27)10-12(14)18(25)22-6-8-23(9-7-22)31(28,29)15-5-3-13(19)16(20)17(15)21/h2-5,10H,6-9H2,1H3. The van der Waals surface area contributed by atoms with Gasteiger partial charge in [-0.2, -0.15) is 4.31 Å². The van der Waals surface area contributed by atoms with Crippen LogP contribution < -0.4 is 4.74 Å². The van der Waals surface area contributed by atoms with Gasteiger partial charge >= 0.3 is 0 Å². The van der Waals surface area contributed by atoms with Crippen LogP contribution >= 0.6 is 0 Å². The van der Waals surface area contributed by atoms with E-state index in [2.05, 4.69) is 0 Å². The molecule has 0 atom stereocenters. The van der Waals surface area contributed by atoms with Gasteiger partial charge < -0.3 is 9.64 Å². The molecule has 0 spiro atoms. The zero-order valence-electron chi connectivity index (χ0n) is 16.0. The minimum atomic E-state index is -4.48. The zero-order valence-corrected chi connectivity index (χ0v) is 16.9. The molecule has 9 nitrogen and oxygen atoms in total. The summed E-state index contributed by atoms with van der Waals surface area (Å²) in [4.78, 5) is 23.4. The Hall–Kier alpha value is -3.19. The lowest BCUT2D eigenvalue weighted by molar-refractivity contribution is -0.384. The van der Waals surface area contributed by atoms with Crippen molar-refractivity contribution in [2.75, 3.05) is 33.3 Å². The Morgan fingerprint density at radius 2 is 1.71 bits per heavy atom. The van der Waals surface area contributed by atoms with Gasteiger partial charge in [0.1, 0.15) is 10.6 Å². The summed E-state index contributed by atoms with van der Waals surface area (Å²) in [5.41, 5.74) is -0.390. The number of benzene rings is 2. The second-order valence-corrected chi connectivity index (χ2v) is 8.42. The van der Waals surface area contributed by atoms with Crippen molar-refractivity contribution < 1.29 is 36.0 Å². The maximum Gasteiger partial charge on any atom is 0.270 e. The number of hydrogen-bond donors (Lipinski definition) is 0. The first kappa shape index (κ1) is 22.5. The molecule has 13 heteroatoms. The number of nitro benzene ring substituents is 1. The van der Waals surface area contributed by atoms with E-state index in [4.69, 9.17) is 4.74 Å². The largest absolute Gasteiger partial charge is 0.496 e. The van der Waals surface area contributed by atoms with E-state index >= 15 is 0 Å². The van der Waals surface area contributed by atoms with E-state index in [1.165, 1.54) is 24.1 Å². The van der Waals surface area contributed by atoms with Gasteiger partial charge in [0.25, 0.3) is 11.6 Å². The van der Waals surface area contributed by atoms with Crippen LogP contribution in [0.25, 0.3) is 0 Å². The van der Waals surface area contributed by atoms with E-state index < -0.39 is 43.2 Å². The fourth-order valence-corrected chi connectivity index (χ4v) is 4.60. The molecule has 1 saturated heterocycles. The summed E-state index contributed by atoms with van der Waals surface area (Å²) in [6, 6.07) is 4.66. The number of amides is 1. The van der Waals surface area contributed by atoms with Crippen molar-refractivity contribution in [3.8, 4) is 5.75 Å². The fourth-order valence-electron chi connectivity index (χ4n) is 3.13. The van der Waals surface area contributed by atoms with Crippen molar-refractivity contribution >= 4 is 21.6 Å². The normalized spacial score (nSPS) is 15.0. The quantitative estimate of drug-likeness (QED) is 0.385. The van der Waals surface area contributed by atoms with E-state index in [1.54, 1.807) is 0 Å². The molecule has 0 radical (unpaired) electrons. The van der Waals surface area contributed by atoms with Gasteiger partial charge in [-0.15, -0.1) is 0 Å². The van der Waals surface area contributed by atoms with Crippen LogP contribution in [0, 0.1) is 27.6 Å². The molecule has 0 saturated carbocycles. The van der Waals surface area contributed by atoms with E-state index in [1.807, 2.05) is 0 Å². The minimum absolute atomic E-state index is 0.0698. The number of sulfonamides is 1. The fraction of sp³-hybridized carbons (Fsp3) is 0.278. The lowest BCUT2D eigenvalue weighted by Crippen LogP contribution is -2.50. The number of halogens is 3. The molecule has 0 N–H and O–H groups in total. The first-order valence-electron chi connectivity index (χ1n) is 8.83. The number of piperazine rings is 1. The van der Waals surface area contributed by atoms with Gasteiger partial charge in [0.2, 0.25) is 10.0 Å². The van der Waals surface area contributed by atoms with Crippen molar-refractivity contribution in [3.63, 3.8) is 0 Å². The molecule has 1 heterocycles. The summed E-state index contributed by atoms with van der Waals surface area (Å²) in [7, 11) is -3.19. The first-order valence-corrected chi connectivity index (χ1v) is 10.3. The maximum absolute atomic E-state index is 14.0. The molecule has 1 aliphatic heterocycles. The number of rotatable bonds is 5. The zero-order chi connectivity index (χ0) is 22.9. The highest BCUT2D eigenvalue weighted by molar-refractivity contribution is 7.89. The topological polar surface area (TPSA) is 110 Å². The van der Waals surface area contributed by atoms with Crippen molar-refractivity contribution in [2.45, 2.75) is 4.90 Å². The highest BCUT2D eigenvalue weighted by Crippen LogP contribution is 2.27. The third kappa shape index (κ3) is 4.18. The maximum atomic E-state index is 14.0. The van der Waals surface area contributed by atoms with Crippen LogP contribution in [-0.4, -0.2) is 61.7 Å². The van der Waals surface area contributed by atoms with Crippen molar-refractivity contribution in [2.24, 2.45) is 0 Å². The minimum Gasteiger partial charge on any atom is -0.496 e. The van der Waals surface area contributed by atoms with Crippen LogP contribution in [0.15, 0.2) is 35.2 Å². The number of nitrogens with zero attached hydrogens (tertiary/aromatic N) is 3. The van der Waals surface area contributed by atoms with Crippen molar-refractivity contribution in [1.82, 2.24) is 9.21 Å². The second-order valence-electron chi connectivity index (χ2n) is 6.51. The van der Waals surface area contributed by atoms with E-state index in [0.717, 1.165) is 10.4 Å². The van der Waals surface area contributed by atoms with Crippen molar-refractivity contribution in [1.29, 1.82) is 0 Å². The molecule has 1 aliphatic rings. The number of non-ortho nitro benzene ring substituents is 1. The summed E-state index contributed by atoms with van der Waals surface area (Å²) in [5.74, 6) is -5.74. The third-order valence-electron chi connectivity index (χ3n) is 4.77. The second kappa shape index (κ2) is 8.51. The van der Waals surface area contributed by atoms with E-state index in [9.17, 15) is 36.5 Å². The Morgan fingerprint density at radius 1 is 1.06 bits per heavy atom. The number of nitro groups is 1. The Morgan fingerprint density at radius 3 is 2.29 bits per heavy atom. The highest BCUT2D eigenvalue weighted by atomic mass is 32.2. The number of carbonyl (C=O) groups excluding carboxylic acids is 1. The number of methoxy groups -OCH3 is 1. The highest BCUT2D eigenvalue weighted by Gasteiger charge is 2.34. The van der Waals surface area contributed by atoms with Crippen LogP contribution in [0.3, 0.4) is 0 Å². The molecule has 31 heavy (non-hydrogen) atoms.